The molecule has 202 valence electrons. The molecule has 0 aliphatic carbocycles. The van der Waals surface area contributed by atoms with E-state index in [-0.39, 0.29) is 11.9 Å². The first kappa shape index (κ1) is 32.1. The lowest BCUT2D eigenvalue weighted by molar-refractivity contribution is -0.245. The molecule has 16 heteroatoms. The molecule has 8 unspecified atom stereocenters. The van der Waals surface area contributed by atoms with Gasteiger partial charge in [-0.15, -0.1) is 0 Å². The molecule has 11 N–H and O–H groups in total. The monoisotopic (exact) mass is 510 g/mol. The molecule has 1 heterocycles. The highest BCUT2D eigenvalue weighted by Crippen LogP contribution is 2.27. The van der Waals surface area contributed by atoms with Crippen molar-refractivity contribution in [3.8, 4) is 0 Å². The van der Waals surface area contributed by atoms with Gasteiger partial charge >= 0.3 is 11.9 Å². The summed E-state index contributed by atoms with van der Waals surface area (Å²) in [6, 6.07) is -4.02. The van der Waals surface area contributed by atoms with Crippen molar-refractivity contribution in [1.29, 1.82) is 0 Å². The molecule has 35 heavy (non-hydrogen) atoms. The number of amides is 3. The van der Waals surface area contributed by atoms with Crippen molar-refractivity contribution in [3.05, 3.63) is 0 Å². The number of hydrogen-bond acceptors (Lipinski definition) is 10. The molecule has 0 spiro atoms. The van der Waals surface area contributed by atoms with Crippen LogP contribution in [-0.4, -0.2) is 116 Å². The summed E-state index contributed by atoms with van der Waals surface area (Å²) in [5.74, 6) is -5.15. The number of aliphatic hydroxyl groups is 2. The summed E-state index contributed by atoms with van der Waals surface area (Å²) in [6.07, 6.45) is -7.87. The molecule has 1 aliphatic rings. The van der Waals surface area contributed by atoms with Crippen LogP contribution in [0.4, 0.5) is 0 Å². The number of hydrogen-bond donors (Lipinski definition) is 7. The van der Waals surface area contributed by atoms with Crippen molar-refractivity contribution in [2.24, 2.45) is 11.5 Å². The predicted molar refractivity (Wildman–Crippen MR) is 115 cm³/mol. The van der Waals surface area contributed by atoms with E-state index in [0.29, 0.717) is 0 Å². The fourth-order valence-corrected chi connectivity index (χ4v) is 3.46. The lowest BCUT2D eigenvalue weighted by atomic mass is 9.94. The van der Waals surface area contributed by atoms with Crippen LogP contribution < -0.4 is 16.8 Å². The number of primary amides is 1. The van der Waals surface area contributed by atoms with Gasteiger partial charge in [-0.05, 0) is 20.3 Å². The van der Waals surface area contributed by atoms with Crippen LogP contribution >= 0.6 is 0 Å². The third kappa shape index (κ3) is 8.37. The van der Waals surface area contributed by atoms with Gasteiger partial charge in [-0.25, -0.2) is 4.79 Å². The molecule has 3 amide bonds. The van der Waals surface area contributed by atoms with Gasteiger partial charge in [0.1, 0.15) is 30.4 Å². The highest BCUT2D eigenvalue weighted by atomic mass is 16.6. The van der Waals surface area contributed by atoms with Crippen LogP contribution in [0, 0.1) is 0 Å². The number of rotatable bonds is 12. The third-order valence-corrected chi connectivity index (χ3v) is 5.37. The average Bonchev–Trinajstić information content (AvgIpc) is 2.74. The highest BCUT2D eigenvalue weighted by Gasteiger charge is 2.49. The second-order valence-electron chi connectivity index (χ2n) is 7.89. The Bertz CT molecular complexity index is 781. The normalized spacial score (nSPS) is 26.4. The Morgan fingerprint density at radius 3 is 2.17 bits per heavy atom. The van der Waals surface area contributed by atoms with Crippen molar-refractivity contribution in [1.82, 2.24) is 10.2 Å². The van der Waals surface area contributed by atoms with Crippen LogP contribution in [0.15, 0.2) is 0 Å². The zero-order valence-electron chi connectivity index (χ0n) is 19.5. The molecule has 0 radical (unpaired) electrons. The van der Waals surface area contributed by atoms with Crippen molar-refractivity contribution in [2.75, 3.05) is 6.61 Å². The van der Waals surface area contributed by atoms with Crippen LogP contribution in [0.3, 0.4) is 0 Å². The predicted octanol–water partition coefficient (Wildman–Crippen LogP) is -4.50. The lowest BCUT2D eigenvalue weighted by Crippen LogP contribution is -2.70. The number of nitrogens with one attached hydrogen (secondary N) is 1. The summed E-state index contributed by atoms with van der Waals surface area (Å²) in [5, 5.41) is 40.2. The van der Waals surface area contributed by atoms with E-state index in [2.05, 4.69) is 5.32 Å². The number of carboxylic acids is 2. The number of aliphatic carboxylic acids is 2. The molecule has 0 aromatic carbocycles. The zero-order valence-corrected chi connectivity index (χ0v) is 19.5. The Kier molecular flexibility index (Phi) is 12.7. The number of carboxylic acid groups (broad SMARTS) is 2. The van der Waals surface area contributed by atoms with E-state index in [9.17, 15) is 34.2 Å². The molecule has 0 aromatic heterocycles. The highest BCUT2D eigenvalue weighted by molar-refractivity contribution is 5.91. The van der Waals surface area contributed by atoms with Crippen LogP contribution in [-0.2, 0) is 33.4 Å². The fraction of sp³-hybridized carbons (Fsp3) is 0.737. The van der Waals surface area contributed by atoms with E-state index in [1.54, 1.807) is 0 Å². The summed E-state index contributed by atoms with van der Waals surface area (Å²) in [7, 11) is 0. The van der Waals surface area contributed by atoms with Crippen LogP contribution in [0.1, 0.15) is 33.6 Å². The number of nitrogens with two attached hydrogens (primary N) is 2. The molecule has 8 atom stereocenters. The molecule has 1 fully saturated rings. The molecule has 1 aliphatic heterocycles. The van der Waals surface area contributed by atoms with Gasteiger partial charge in [-0.3, -0.25) is 19.2 Å². The van der Waals surface area contributed by atoms with E-state index >= 15 is 0 Å². The van der Waals surface area contributed by atoms with E-state index in [4.69, 9.17) is 31.2 Å². The van der Waals surface area contributed by atoms with E-state index in [1.165, 1.54) is 13.8 Å². The standard InChI is InChI=1S/C19H32N4O11.H2O/c1-7(17(30)22-10(16(21)29)4-5-12(26)27)23(9(3)25)18-13(20)15(33-8(2)19(31)32)14(28)11(6-24)34-18;/h7-8,10-11,13-15,18,24,28H,4-6,20H2,1-3H3,(H2,21,29)(H,22,30)(H,26,27)(H,31,32);1H2. The Morgan fingerprint density at radius 2 is 1.74 bits per heavy atom. The number of carbonyl (C=O) groups excluding carboxylic acids is 3. The molecule has 1 saturated heterocycles. The second kappa shape index (κ2) is 13.9. The van der Waals surface area contributed by atoms with Crippen molar-refractivity contribution in [2.45, 2.75) is 82.4 Å². The Hall–Kier alpha value is -2.89. The first-order valence-corrected chi connectivity index (χ1v) is 10.4. The molecular formula is C19H34N4O12. The fourth-order valence-electron chi connectivity index (χ4n) is 3.46. The summed E-state index contributed by atoms with van der Waals surface area (Å²) >= 11 is 0. The molecular weight excluding hydrogens is 476 g/mol. The molecule has 0 saturated carbocycles. The minimum atomic E-state index is -1.55. The molecule has 16 nitrogen and oxygen atoms in total. The third-order valence-electron chi connectivity index (χ3n) is 5.37. The SMILES string of the molecule is CC(=O)N(C(C)C(=O)NC(CCC(=O)O)C(N)=O)C1OC(CO)C(O)C(OC(C)C(=O)O)C1N.O. The maximum atomic E-state index is 12.8. The van der Waals surface area contributed by atoms with Gasteiger partial charge in [0.05, 0.1) is 12.6 Å². The van der Waals surface area contributed by atoms with Gasteiger partial charge in [-0.1, -0.05) is 0 Å². The maximum absolute atomic E-state index is 12.8. The minimum absolute atomic E-state index is 0. The van der Waals surface area contributed by atoms with Gasteiger partial charge < -0.3 is 57.1 Å². The smallest absolute Gasteiger partial charge is 0.332 e. The topological polar surface area (TPSA) is 284 Å². The van der Waals surface area contributed by atoms with E-state index in [0.717, 1.165) is 11.8 Å². The number of carbonyl (C=O) groups is 5. The van der Waals surface area contributed by atoms with Crippen LogP contribution in [0.2, 0.25) is 0 Å². The molecule has 0 bridgehead atoms. The van der Waals surface area contributed by atoms with Gasteiger partial charge in [0, 0.05) is 13.3 Å². The summed E-state index contributed by atoms with van der Waals surface area (Å²) in [6.45, 7) is 2.82. The number of nitrogens with zero attached hydrogens (tertiary/aromatic N) is 1. The Labute approximate surface area is 200 Å². The van der Waals surface area contributed by atoms with Gasteiger partial charge in [0.25, 0.3) is 0 Å². The Balaban J connectivity index is 0.0000116. The first-order valence-electron chi connectivity index (χ1n) is 10.4. The van der Waals surface area contributed by atoms with Gasteiger partial charge in [0.15, 0.2) is 12.3 Å². The van der Waals surface area contributed by atoms with Crippen molar-refractivity contribution >= 4 is 29.7 Å². The summed E-state index contributed by atoms with van der Waals surface area (Å²) in [5.41, 5.74) is 11.4. The minimum Gasteiger partial charge on any atom is -0.481 e. The quantitative estimate of drug-likeness (QED) is 0.131. The summed E-state index contributed by atoms with van der Waals surface area (Å²) < 4.78 is 10.9. The molecule has 0 aromatic rings. The first-order chi connectivity index (χ1) is 15.7. The largest absolute Gasteiger partial charge is 0.481 e. The zero-order chi connectivity index (χ0) is 26.3. The second-order valence-corrected chi connectivity index (χ2v) is 7.89. The van der Waals surface area contributed by atoms with E-state index in [1.807, 2.05) is 0 Å². The van der Waals surface area contributed by atoms with Gasteiger partial charge in [-0.2, -0.15) is 0 Å². The maximum Gasteiger partial charge on any atom is 0.332 e. The van der Waals surface area contributed by atoms with Gasteiger partial charge in [0.2, 0.25) is 17.7 Å². The summed E-state index contributed by atoms with van der Waals surface area (Å²) in [4.78, 5) is 59.7. The van der Waals surface area contributed by atoms with Crippen molar-refractivity contribution in [3.63, 3.8) is 0 Å². The van der Waals surface area contributed by atoms with E-state index < -0.39 is 91.5 Å². The molecule has 1 rings (SSSR count). The van der Waals surface area contributed by atoms with Crippen LogP contribution in [0.25, 0.3) is 0 Å². The van der Waals surface area contributed by atoms with Crippen LogP contribution in [0.5, 0.6) is 0 Å². The Morgan fingerprint density at radius 1 is 1.17 bits per heavy atom. The number of aliphatic hydroxyl groups excluding tert-OH is 2. The lowest BCUT2D eigenvalue weighted by Gasteiger charge is -2.48. The average molecular weight is 510 g/mol. The van der Waals surface area contributed by atoms with Crippen molar-refractivity contribution < 1.29 is 59.3 Å². The number of ether oxygens (including phenoxy) is 2.